The molecule has 1 fully saturated rings. The van der Waals surface area contributed by atoms with E-state index >= 15 is 0 Å². The lowest BCUT2D eigenvalue weighted by Crippen LogP contribution is -2.48. The fraction of sp³-hybridized carbons (Fsp3) is 0.259. The maximum absolute atomic E-state index is 12.8. The van der Waals surface area contributed by atoms with Crippen molar-refractivity contribution < 1.29 is 23.8 Å². The number of carbonyl (C=O) groups excluding carboxylic acids is 2. The van der Waals surface area contributed by atoms with Gasteiger partial charge in [-0.1, -0.05) is 18.2 Å². The molecule has 0 radical (unpaired) electrons. The Labute approximate surface area is 205 Å². The molecule has 1 saturated heterocycles. The second kappa shape index (κ2) is 10.8. The molecule has 0 unspecified atom stereocenters. The van der Waals surface area contributed by atoms with E-state index in [1.807, 2.05) is 59.5 Å². The van der Waals surface area contributed by atoms with E-state index < -0.39 is 0 Å². The van der Waals surface area contributed by atoms with Gasteiger partial charge in [-0.05, 0) is 48.5 Å². The number of hydrogen-bond acceptors (Lipinski definition) is 6. The van der Waals surface area contributed by atoms with E-state index in [1.165, 1.54) is 21.3 Å². The molecule has 182 valence electrons. The van der Waals surface area contributed by atoms with Crippen LogP contribution in [0.25, 0.3) is 0 Å². The van der Waals surface area contributed by atoms with Crippen LogP contribution in [0.2, 0.25) is 0 Å². The minimum Gasteiger partial charge on any atom is -0.493 e. The highest BCUT2D eigenvalue weighted by atomic mass is 16.5. The predicted molar refractivity (Wildman–Crippen MR) is 135 cm³/mol. The molecule has 0 atom stereocenters. The molecule has 8 nitrogen and oxygen atoms in total. The molecule has 0 aromatic heterocycles. The number of anilines is 2. The Balaban J connectivity index is 1.37. The van der Waals surface area contributed by atoms with Crippen LogP contribution in [0.1, 0.15) is 20.7 Å². The molecule has 35 heavy (non-hydrogen) atoms. The van der Waals surface area contributed by atoms with Gasteiger partial charge in [0.1, 0.15) is 0 Å². The highest BCUT2D eigenvalue weighted by molar-refractivity contribution is 6.05. The summed E-state index contributed by atoms with van der Waals surface area (Å²) >= 11 is 0. The number of benzene rings is 3. The molecule has 3 aromatic rings. The molecular weight excluding hydrogens is 446 g/mol. The van der Waals surface area contributed by atoms with Crippen LogP contribution in [0.5, 0.6) is 17.2 Å². The van der Waals surface area contributed by atoms with Crippen LogP contribution in [0.4, 0.5) is 11.4 Å². The van der Waals surface area contributed by atoms with Crippen LogP contribution in [0.15, 0.2) is 66.7 Å². The minimum atomic E-state index is -0.287. The van der Waals surface area contributed by atoms with Gasteiger partial charge in [-0.15, -0.1) is 0 Å². The second-order valence-electron chi connectivity index (χ2n) is 8.06. The number of nitrogens with one attached hydrogen (secondary N) is 1. The first-order valence-electron chi connectivity index (χ1n) is 11.3. The second-order valence-corrected chi connectivity index (χ2v) is 8.06. The van der Waals surface area contributed by atoms with E-state index in [-0.39, 0.29) is 11.8 Å². The minimum absolute atomic E-state index is 0.0649. The number of ether oxygens (including phenoxy) is 3. The summed E-state index contributed by atoms with van der Waals surface area (Å²) < 4.78 is 16.0. The molecule has 0 saturated carbocycles. The summed E-state index contributed by atoms with van der Waals surface area (Å²) in [5.41, 5.74) is 2.82. The largest absolute Gasteiger partial charge is 0.493 e. The van der Waals surface area contributed by atoms with Gasteiger partial charge in [-0.3, -0.25) is 9.59 Å². The van der Waals surface area contributed by atoms with Crippen molar-refractivity contribution in [3.05, 3.63) is 77.9 Å². The zero-order chi connectivity index (χ0) is 24.8. The van der Waals surface area contributed by atoms with E-state index in [0.29, 0.717) is 47.2 Å². The van der Waals surface area contributed by atoms with Crippen molar-refractivity contribution in [3.8, 4) is 17.2 Å². The lowest BCUT2D eigenvalue weighted by atomic mass is 10.1. The first-order valence-corrected chi connectivity index (χ1v) is 11.3. The van der Waals surface area contributed by atoms with Crippen LogP contribution in [0, 0.1) is 0 Å². The molecule has 2 amide bonds. The molecule has 1 N–H and O–H groups in total. The van der Waals surface area contributed by atoms with Crippen molar-refractivity contribution in [2.24, 2.45) is 0 Å². The van der Waals surface area contributed by atoms with Crippen molar-refractivity contribution in [1.29, 1.82) is 0 Å². The van der Waals surface area contributed by atoms with Gasteiger partial charge < -0.3 is 29.3 Å². The first-order chi connectivity index (χ1) is 17.0. The Hall–Kier alpha value is -4.20. The van der Waals surface area contributed by atoms with E-state index in [1.54, 1.807) is 12.1 Å². The van der Waals surface area contributed by atoms with E-state index in [2.05, 4.69) is 10.2 Å². The molecular formula is C27H29N3O5. The third-order valence-corrected chi connectivity index (χ3v) is 6.00. The van der Waals surface area contributed by atoms with Crippen LogP contribution in [-0.2, 0) is 0 Å². The predicted octanol–water partition coefficient (Wildman–Crippen LogP) is 3.93. The van der Waals surface area contributed by atoms with Crippen LogP contribution in [-0.4, -0.2) is 64.2 Å². The SMILES string of the molecule is COc1cc(C(=O)Nc2ccc(N3CCN(C(=O)c4ccccc4)CC3)cc2)cc(OC)c1OC. The van der Waals surface area contributed by atoms with Crippen LogP contribution in [0.3, 0.4) is 0 Å². The van der Waals surface area contributed by atoms with Crippen LogP contribution < -0.4 is 24.4 Å². The summed E-state index contributed by atoms with van der Waals surface area (Å²) in [5.74, 6) is 1.04. The fourth-order valence-electron chi connectivity index (χ4n) is 4.10. The molecule has 1 aliphatic heterocycles. The Kier molecular flexibility index (Phi) is 7.40. The maximum Gasteiger partial charge on any atom is 0.255 e. The fourth-order valence-corrected chi connectivity index (χ4v) is 4.10. The van der Waals surface area contributed by atoms with Gasteiger partial charge in [0.05, 0.1) is 21.3 Å². The third kappa shape index (κ3) is 5.32. The number of nitrogens with zero attached hydrogens (tertiary/aromatic N) is 2. The average molecular weight is 476 g/mol. The number of piperazine rings is 1. The van der Waals surface area contributed by atoms with Gasteiger partial charge >= 0.3 is 0 Å². The number of methoxy groups -OCH3 is 3. The molecule has 0 spiro atoms. The zero-order valence-electron chi connectivity index (χ0n) is 20.1. The van der Waals surface area contributed by atoms with Gasteiger partial charge in [0.25, 0.3) is 11.8 Å². The molecule has 1 aliphatic rings. The molecule has 4 rings (SSSR count). The summed E-state index contributed by atoms with van der Waals surface area (Å²) in [4.78, 5) is 29.6. The Morgan fingerprint density at radius 2 is 1.34 bits per heavy atom. The molecule has 1 heterocycles. The number of rotatable bonds is 7. The Morgan fingerprint density at radius 1 is 0.743 bits per heavy atom. The molecule has 0 aliphatic carbocycles. The Morgan fingerprint density at radius 3 is 1.89 bits per heavy atom. The topological polar surface area (TPSA) is 80.3 Å². The van der Waals surface area contributed by atoms with Crippen molar-refractivity contribution in [3.63, 3.8) is 0 Å². The average Bonchev–Trinajstić information content (AvgIpc) is 2.92. The van der Waals surface area contributed by atoms with Crippen molar-refractivity contribution >= 4 is 23.2 Å². The monoisotopic (exact) mass is 475 g/mol. The third-order valence-electron chi connectivity index (χ3n) is 6.00. The lowest BCUT2D eigenvalue weighted by Gasteiger charge is -2.36. The van der Waals surface area contributed by atoms with E-state index in [4.69, 9.17) is 14.2 Å². The molecule has 0 bridgehead atoms. The summed E-state index contributed by atoms with van der Waals surface area (Å²) in [6, 6.07) is 20.3. The van der Waals surface area contributed by atoms with Gasteiger partial charge in [0.15, 0.2) is 11.5 Å². The van der Waals surface area contributed by atoms with Crippen LogP contribution >= 0.6 is 0 Å². The van der Waals surface area contributed by atoms with Gasteiger partial charge in [0, 0.05) is 48.7 Å². The summed E-state index contributed by atoms with van der Waals surface area (Å²) in [6.45, 7) is 2.81. The van der Waals surface area contributed by atoms with Gasteiger partial charge in [0.2, 0.25) is 5.75 Å². The first kappa shape index (κ1) is 23.9. The van der Waals surface area contributed by atoms with Crippen molar-refractivity contribution in [1.82, 2.24) is 4.90 Å². The maximum atomic E-state index is 12.8. The quantitative estimate of drug-likeness (QED) is 0.558. The normalized spacial score (nSPS) is 13.2. The summed E-state index contributed by atoms with van der Waals surface area (Å²) in [6.07, 6.45) is 0. The van der Waals surface area contributed by atoms with Gasteiger partial charge in [-0.25, -0.2) is 0 Å². The highest BCUT2D eigenvalue weighted by Gasteiger charge is 2.22. The van der Waals surface area contributed by atoms with Crippen molar-refractivity contribution in [2.45, 2.75) is 0 Å². The highest BCUT2D eigenvalue weighted by Crippen LogP contribution is 2.38. The molecule has 8 heteroatoms. The van der Waals surface area contributed by atoms with E-state index in [9.17, 15) is 9.59 Å². The smallest absolute Gasteiger partial charge is 0.255 e. The number of hydrogen-bond donors (Lipinski definition) is 1. The summed E-state index contributed by atoms with van der Waals surface area (Å²) in [7, 11) is 4.53. The number of amides is 2. The standard InChI is InChI=1S/C27H29N3O5/c1-33-23-17-20(18-24(34-2)25(23)35-3)26(31)28-21-9-11-22(12-10-21)29-13-15-30(16-14-29)27(32)19-7-5-4-6-8-19/h4-12,17-18H,13-16H2,1-3H3,(H,28,31). The number of carbonyl (C=O) groups is 2. The van der Waals surface area contributed by atoms with Gasteiger partial charge in [-0.2, -0.15) is 0 Å². The molecule has 3 aromatic carbocycles. The zero-order valence-corrected chi connectivity index (χ0v) is 20.1. The summed E-state index contributed by atoms with van der Waals surface area (Å²) in [5, 5.41) is 2.91. The Bertz CT molecular complexity index is 1150. The van der Waals surface area contributed by atoms with Crippen molar-refractivity contribution in [2.75, 3.05) is 57.7 Å². The van der Waals surface area contributed by atoms with E-state index in [0.717, 1.165) is 18.8 Å². The lowest BCUT2D eigenvalue weighted by molar-refractivity contribution is 0.0746.